The topological polar surface area (TPSA) is 0 Å². The van der Waals surface area contributed by atoms with E-state index in [-0.39, 0.29) is 75.4 Å². The first kappa shape index (κ1) is 15.7. The summed E-state index contributed by atoms with van der Waals surface area (Å²) in [5.41, 5.74) is 0. The van der Waals surface area contributed by atoms with Gasteiger partial charge < -0.3 is 0 Å². The van der Waals surface area contributed by atoms with Crippen LogP contribution in [0.25, 0.3) is 0 Å². The molecule has 4 heavy (non-hydrogen) atoms. The molecule has 0 aliphatic rings. The van der Waals surface area contributed by atoms with Gasteiger partial charge in [-0.15, -0.1) is 24.0 Å². The number of halogens is 3. The van der Waals surface area contributed by atoms with E-state index < -0.39 is 0 Å². The van der Waals surface area contributed by atoms with Crippen molar-refractivity contribution in [3.05, 3.63) is 0 Å². The van der Waals surface area contributed by atoms with Gasteiger partial charge in [0.2, 0.25) is 0 Å². The van der Waals surface area contributed by atoms with E-state index in [1.807, 2.05) is 0 Å². The fourth-order valence-electron chi connectivity index (χ4n) is 0. The van der Waals surface area contributed by atoms with Crippen molar-refractivity contribution in [1.29, 1.82) is 0 Å². The Morgan fingerprint density at radius 2 is 1.00 bits per heavy atom. The van der Waals surface area contributed by atoms with Gasteiger partial charge in [-0.25, -0.2) is 0 Å². The standard InChI is InChI=1S/I2.HI.K.H/c1-2;;;/h;1H;;. The van der Waals surface area contributed by atoms with Crippen LogP contribution >= 0.6 is 61.2 Å². The van der Waals surface area contributed by atoms with Crippen molar-refractivity contribution in [2.24, 2.45) is 0 Å². The molecule has 0 saturated carbocycles. The molecule has 0 amide bonds. The molecule has 0 bridgehead atoms. The summed E-state index contributed by atoms with van der Waals surface area (Å²) in [6.07, 6.45) is 0. The molecule has 0 N–H and O–H groups in total. The van der Waals surface area contributed by atoms with Gasteiger partial charge in [-0.05, 0) is 0 Å². The van der Waals surface area contributed by atoms with Gasteiger partial charge >= 0.3 is 51.4 Å². The van der Waals surface area contributed by atoms with Crippen molar-refractivity contribution in [1.82, 2.24) is 0 Å². The Balaban J connectivity index is -0.00000000500. The van der Waals surface area contributed by atoms with Gasteiger partial charge in [0.05, 0.1) is 0 Å². The Labute approximate surface area is 109 Å². The van der Waals surface area contributed by atoms with E-state index in [4.69, 9.17) is 0 Å². The van der Waals surface area contributed by atoms with Crippen LogP contribution in [0.5, 0.6) is 0 Å². The Bertz CT molecular complexity index is 3.25. The summed E-state index contributed by atoms with van der Waals surface area (Å²) in [5.74, 6) is 0. The molecule has 0 radical (unpaired) electrons. The minimum atomic E-state index is 0. The normalized spacial score (nSPS) is 1.50. The van der Waals surface area contributed by atoms with E-state index in [0.29, 0.717) is 0 Å². The predicted octanol–water partition coefficient (Wildman–Crippen LogP) is 1.74. The Morgan fingerprint density at radius 3 is 1.00 bits per heavy atom. The van der Waals surface area contributed by atoms with Gasteiger partial charge in [-0.1, -0.05) is 0 Å². The summed E-state index contributed by atoms with van der Waals surface area (Å²) in [6, 6.07) is 0. The molecular formula is H2I3K. The number of hydrogen-bond acceptors (Lipinski definition) is 0. The molecule has 0 heterocycles. The van der Waals surface area contributed by atoms with Crippen LogP contribution in [-0.2, 0) is 0 Å². The zero-order chi connectivity index (χ0) is 2.00. The van der Waals surface area contributed by atoms with Crippen molar-refractivity contribution in [2.45, 2.75) is 0 Å². The van der Waals surface area contributed by atoms with Crippen LogP contribution in [0.3, 0.4) is 0 Å². The number of hydrogen-bond donors (Lipinski definition) is 0. The Hall–Kier alpha value is 3.83. The van der Waals surface area contributed by atoms with E-state index in [1.165, 1.54) is 0 Å². The van der Waals surface area contributed by atoms with E-state index in [2.05, 4.69) is 37.2 Å². The van der Waals surface area contributed by atoms with E-state index >= 15 is 0 Å². The van der Waals surface area contributed by atoms with E-state index in [1.54, 1.807) is 0 Å². The minimum absolute atomic E-state index is 0. The van der Waals surface area contributed by atoms with Crippen LogP contribution in [0.2, 0.25) is 0 Å². The molecule has 0 fully saturated rings. The van der Waals surface area contributed by atoms with Crippen LogP contribution in [0.4, 0.5) is 0 Å². The molecule has 0 nitrogen and oxygen atoms in total. The molecule has 0 aromatic heterocycles. The molecule has 4 heteroatoms. The van der Waals surface area contributed by atoms with Crippen molar-refractivity contribution >= 4 is 113 Å². The molecule has 0 aliphatic heterocycles. The van der Waals surface area contributed by atoms with Gasteiger partial charge in [0.25, 0.3) is 0 Å². The van der Waals surface area contributed by atoms with Gasteiger partial charge in [-0.3, -0.25) is 0 Å². The van der Waals surface area contributed by atoms with Crippen LogP contribution in [0.1, 0.15) is 0 Å². The molecule has 0 unspecified atom stereocenters. The Morgan fingerprint density at radius 1 is 1.00 bits per heavy atom. The summed E-state index contributed by atoms with van der Waals surface area (Å²) in [7, 11) is 0. The molecule has 0 aliphatic carbocycles. The summed E-state index contributed by atoms with van der Waals surface area (Å²) in [5, 5.41) is 0. The fraction of sp³-hybridized carbons (Fsp3) is 0. The Kier molecular flexibility index (Phi) is 62.0. The van der Waals surface area contributed by atoms with E-state index in [0.717, 1.165) is 0 Å². The average Bonchev–Trinajstić information content (AvgIpc) is 1.00. The van der Waals surface area contributed by atoms with Crippen molar-refractivity contribution in [3.8, 4) is 0 Å². The molecule has 0 atom stereocenters. The third-order valence-corrected chi connectivity index (χ3v) is 0. The number of rotatable bonds is 0. The first-order chi connectivity index (χ1) is 1.00. The molecule has 0 aromatic carbocycles. The molecule has 0 saturated heterocycles. The van der Waals surface area contributed by atoms with Crippen LogP contribution in [-0.4, -0.2) is 51.4 Å². The summed E-state index contributed by atoms with van der Waals surface area (Å²) in [6.45, 7) is 0. The second-order valence-electron chi connectivity index (χ2n) is 0. The third-order valence-electron chi connectivity index (χ3n) is 0. The van der Waals surface area contributed by atoms with Gasteiger partial charge in [0.15, 0.2) is 0 Å². The van der Waals surface area contributed by atoms with Crippen LogP contribution < -0.4 is 0 Å². The monoisotopic (exact) mass is 422 g/mol. The van der Waals surface area contributed by atoms with Crippen molar-refractivity contribution in [3.63, 3.8) is 0 Å². The van der Waals surface area contributed by atoms with Crippen molar-refractivity contribution in [2.75, 3.05) is 0 Å². The zero-order valence-corrected chi connectivity index (χ0v) is 7.81. The second kappa shape index (κ2) is 15.8. The molecule has 0 rings (SSSR count). The molecule has 0 spiro atoms. The van der Waals surface area contributed by atoms with E-state index in [9.17, 15) is 0 Å². The first-order valence-corrected chi connectivity index (χ1v) is 6.43. The summed E-state index contributed by atoms with van der Waals surface area (Å²) < 4.78 is 0. The maximum atomic E-state index is 2.12. The third kappa shape index (κ3) is 9.27. The van der Waals surface area contributed by atoms with Gasteiger partial charge in [-0.2, -0.15) is 0 Å². The molecule has 24 valence electrons. The maximum absolute atomic E-state index is 2.12. The van der Waals surface area contributed by atoms with Gasteiger partial charge in [0.1, 0.15) is 0 Å². The zero-order valence-electron chi connectivity index (χ0n) is 1.16. The fourth-order valence-corrected chi connectivity index (χ4v) is 0. The van der Waals surface area contributed by atoms with Crippen LogP contribution in [0, 0.1) is 0 Å². The van der Waals surface area contributed by atoms with Gasteiger partial charge in [0, 0.05) is 37.2 Å². The average molecular weight is 422 g/mol. The molecular weight excluding hydrogens is 420 g/mol. The summed E-state index contributed by atoms with van der Waals surface area (Å²) in [4.78, 5) is 0. The first-order valence-electron chi connectivity index (χ1n) is 0.143. The molecule has 0 aromatic rings. The SMILES string of the molecule is I.II.[KH]. The predicted molar refractivity (Wildman–Crippen MR) is 50.6 cm³/mol. The van der Waals surface area contributed by atoms with Crippen molar-refractivity contribution < 1.29 is 0 Å². The summed E-state index contributed by atoms with van der Waals surface area (Å²) >= 11 is 4.24. The quantitative estimate of drug-likeness (QED) is 0.413. The van der Waals surface area contributed by atoms with Crippen LogP contribution in [0.15, 0.2) is 0 Å². The second-order valence-corrected chi connectivity index (χ2v) is 0.